The van der Waals surface area contributed by atoms with E-state index < -0.39 is 11.7 Å². The van der Waals surface area contributed by atoms with Crippen molar-refractivity contribution in [2.45, 2.75) is 19.1 Å². The van der Waals surface area contributed by atoms with Crippen LogP contribution in [-0.4, -0.2) is 55.7 Å². The van der Waals surface area contributed by atoms with Gasteiger partial charge in [0.1, 0.15) is 16.2 Å². The third-order valence-corrected chi connectivity index (χ3v) is 6.74. The molecular weight excluding hydrogens is 549 g/mol. The number of anilines is 2. The van der Waals surface area contributed by atoms with Crippen molar-refractivity contribution in [3.63, 3.8) is 0 Å². The molecule has 0 amide bonds. The molecule has 210 valence electrons. The number of imidazole rings is 1. The molecule has 0 bridgehead atoms. The Morgan fingerprint density at radius 3 is 2.80 bits per heavy atom. The van der Waals surface area contributed by atoms with Gasteiger partial charge in [0.05, 0.1) is 24.6 Å². The zero-order valence-electron chi connectivity index (χ0n) is 21.5. The molecule has 10 nitrogen and oxygen atoms in total. The number of benzene rings is 1. The number of alkyl halides is 3. The zero-order valence-corrected chi connectivity index (χ0v) is 22.2. The summed E-state index contributed by atoms with van der Waals surface area (Å²) in [5, 5.41) is 3.15. The maximum absolute atomic E-state index is 14.0. The average molecular weight is 575 g/mol. The first kappa shape index (κ1) is 27.6. The van der Waals surface area contributed by atoms with Crippen LogP contribution in [0, 0.1) is 0 Å². The molecule has 0 atom stereocenters. The van der Waals surface area contributed by atoms with Crippen LogP contribution in [-0.2, 0) is 24.5 Å². The predicted molar refractivity (Wildman–Crippen MR) is 144 cm³/mol. The van der Waals surface area contributed by atoms with Gasteiger partial charge in [-0.15, -0.1) is 0 Å². The first-order valence-electron chi connectivity index (χ1n) is 12.4. The quantitative estimate of drug-likeness (QED) is 0.302. The Labute approximate surface area is 232 Å². The molecule has 4 heterocycles. The maximum Gasteiger partial charge on any atom is 0.416 e. The van der Waals surface area contributed by atoms with Gasteiger partial charge in [-0.1, -0.05) is 17.7 Å². The van der Waals surface area contributed by atoms with E-state index in [1.165, 1.54) is 37.1 Å². The average Bonchev–Trinajstić information content (AvgIpc) is 3.08. The third-order valence-electron chi connectivity index (χ3n) is 6.37. The fourth-order valence-corrected chi connectivity index (χ4v) is 4.69. The summed E-state index contributed by atoms with van der Waals surface area (Å²) in [5.74, 6) is 0.647. The Balaban J connectivity index is 1.42. The third kappa shape index (κ3) is 5.96. The minimum atomic E-state index is -4.53. The van der Waals surface area contributed by atoms with E-state index in [-0.39, 0.29) is 45.9 Å². The first-order chi connectivity index (χ1) is 19.2. The number of nitrogens with one attached hydrogen (secondary N) is 1. The van der Waals surface area contributed by atoms with Gasteiger partial charge in [0, 0.05) is 57.6 Å². The van der Waals surface area contributed by atoms with Crippen molar-refractivity contribution in [3.05, 3.63) is 71.0 Å². The Hall–Kier alpha value is -3.94. The van der Waals surface area contributed by atoms with Gasteiger partial charge in [0.25, 0.3) is 0 Å². The van der Waals surface area contributed by atoms with Crippen LogP contribution in [0.15, 0.2) is 49.2 Å². The number of hydrogen-bond acceptors (Lipinski definition) is 9. The van der Waals surface area contributed by atoms with E-state index in [2.05, 4.69) is 25.3 Å². The topological polar surface area (TPSA) is 116 Å². The highest BCUT2D eigenvalue weighted by molar-refractivity contribution is 6.36. The molecule has 0 aliphatic carbocycles. The van der Waals surface area contributed by atoms with Crippen molar-refractivity contribution in [3.8, 4) is 5.75 Å². The predicted octanol–water partition coefficient (Wildman–Crippen LogP) is 4.73. The van der Waals surface area contributed by atoms with Gasteiger partial charge < -0.3 is 25.1 Å². The minimum absolute atomic E-state index is 0.181. The van der Waals surface area contributed by atoms with Crippen LogP contribution >= 0.6 is 11.6 Å². The second kappa shape index (κ2) is 11.7. The molecule has 40 heavy (non-hydrogen) atoms. The summed E-state index contributed by atoms with van der Waals surface area (Å²) in [5.41, 5.74) is 6.50. The number of hydrogen-bond donors (Lipinski definition) is 2. The van der Waals surface area contributed by atoms with E-state index in [1.807, 2.05) is 4.90 Å². The number of rotatable bonds is 7. The zero-order chi connectivity index (χ0) is 28.3. The van der Waals surface area contributed by atoms with Gasteiger partial charge in [-0.05, 0) is 24.1 Å². The van der Waals surface area contributed by atoms with Gasteiger partial charge in [0.15, 0.2) is 17.2 Å². The minimum Gasteiger partial charge on any atom is -0.450 e. The lowest BCUT2D eigenvalue weighted by atomic mass is 10.0. The molecule has 3 N–H and O–H groups in total. The molecule has 4 aromatic rings. The number of pyridine rings is 1. The molecular formula is C26H26ClF3N8O2. The highest BCUT2D eigenvalue weighted by Gasteiger charge is 2.34. The van der Waals surface area contributed by atoms with Crippen LogP contribution in [0.25, 0.3) is 16.9 Å². The summed E-state index contributed by atoms with van der Waals surface area (Å²) >= 11 is 6.64. The number of aromatic nitrogens is 5. The molecule has 0 unspecified atom stereocenters. The van der Waals surface area contributed by atoms with E-state index in [1.54, 1.807) is 17.7 Å². The first-order valence-corrected chi connectivity index (χ1v) is 12.8. The summed E-state index contributed by atoms with van der Waals surface area (Å²) in [6.45, 7) is 2.56. The standard InChI is InChI=1S/C26H26ClF3N8O2/c1-37-23-22(27)21(40-20(12-31)19-13-32-5-6-33-19)14-34-24(23)36-25(37)35-17-4-3-16(18(11-17)26(28,29)30)15-38-7-2-9-39-10-8-38/h3-6,11-14H,2,7-10,15,31H2,1H3,(H,34,35,36)/b20-12+. The van der Waals surface area contributed by atoms with Gasteiger partial charge >= 0.3 is 6.18 Å². The molecule has 0 radical (unpaired) electrons. The number of halogens is 4. The molecule has 14 heteroatoms. The normalized spacial score (nSPS) is 15.3. The van der Waals surface area contributed by atoms with Gasteiger partial charge in [0.2, 0.25) is 5.95 Å². The van der Waals surface area contributed by atoms with E-state index >= 15 is 0 Å². The molecule has 1 aromatic carbocycles. The van der Waals surface area contributed by atoms with Crippen molar-refractivity contribution in [1.29, 1.82) is 0 Å². The maximum atomic E-state index is 14.0. The molecule has 5 rings (SSSR count). The summed E-state index contributed by atoms with van der Waals surface area (Å²) in [4.78, 5) is 18.9. The van der Waals surface area contributed by atoms with Crippen LogP contribution < -0.4 is 15.8 Å². The van der Waals surface area contributed by atoms with Crippen LogP contribution in [0.1, 0.15) is 23.2 Å². The summed E-state index contributed by atoms with van der Waals surface area (Å²) in [6, 6.07) is 4.18. The van der Waals surface area contributed by atoms with Gasteiger partial charge in [-0.3, -0.25) is 9.88 Å². The molecule has 1 saturated heterocycles. The Kier molecular flexibility index (Phi) is 8.05. The number of fused-ring (bicyclic) bond motifs is 1. The highest BCUT2D eigenvalue weighted by Crippen LogP contribution is 2.37. The lowest BCUT2D eigenvalue weighted by molar-refractivity contribution is -0.138. The second-order valence-corrected chi connectivity index (χ2v) is 9.44. The van der Waals surface area contributed by atoms with Gasteiger partial charge in [-0.25, -0.2) is 9.97 Å². The molecule has 1 aliphatic rings. The fraction of sp³-hybridized carbons (Fsp3) is 0.308. The lowest BCUT2D eigenvalue weighted by Gasteiger charge is -2.22. The van der Waals surface area contributed by atoms with Crippen molar-refractivity contribution >= 4 is 40.2 Å². The Morgan fingerprint density at radius 1 is 1.20 bits per heavy atom. The molecule has 0 spiro atoms. The Bertz CT molecular complexity index is 1520. The van der Waals surface area contributed by atoms with Gasteiger partial charge in [-0.2, -0.15) is 18.2 Å². The van der Waals surface area contributed by atoms with Crippen LogP contribution in [0.5, 0.6) is 5.75 Å². The van der Waals surface area contributed by atoms with Crippen LogP contribution in [0.4, 0.5) is 24.8 Å². The van der Waals surface area contributed by atoms with Crippen molar-refractivity contribution in [2.75, 3.05) is 31.6 Å². The number of nitrogens with two attached hydrogens (primary N) is 1. The molecule has 1 aliphatic heterocycles. The smallest absolute Gasteiger partial charge is 0.416 e. The van der Waals surface area contributed by atoms with E-state index in [9.17, 15) is 13.2 Å². The molecule has 3 aromatic heterocycles. The Morgan fingerprint density at radius 2 is 2.05 bits per heavy atom. The van der Waals surface area contributed by atoms with E-state index in [0.717, 1.165) is 12.5 Å². The fourth-order valence-electron chi connectivity index (χ4n) is 4.39. The van der Waals surface area contributed by atoms with E-state index in [4.69, 9.17) is 26.8 Å². The SMILES string of the molecule is Cn1c(Nc2ccc(CN3CCCOCC3)c(C(F)(F)F)c2)nc2ncc(O/C(=C/N)c3cnccn3)c(Cl)c21. The highest BCUT2D eigenvalue weighted by atomic mass is 35.5. The van der Waals surface area contributed by atoms with Crippen molar-refractivity contribution in [2.24, 2.45) is 12.8 Å². The monoisotopic (exact) mass is 574 g/mol. The van der Waals surface area contributed by atoms with Crippen LogP contribution in [0.2, 0.25) is 5.02 Å². The number of nitrogens with zero attached hydrogens (tertiary/aromatic N) is 6. The summed E-state index contributed by atoms with van der Waals surface area (Å²) < 4.78 is 55.0. The number of aryl methyl sites for hydroxylation is 1. The largest absolute Gasteiger partial charge is 0.450 e. The summed E-state index contributed by atoms with van der Waals surface area (Å²) in [6.07, 6.45) is 3.34. The molecule has 1 fully saturated rings. The molecule has 0 saturated carbocycles. The summed E-state index contributed by atoms with van der Waals surface area (Å²) in [7, 11) is 1.66. The van der Waals surface area contributed by atoms with Crippen molar-refractivity contribution in [1.82, 2.24) is 29.4 Å². The lowest BCUT2D eigenvalue weighted by Crippen LogP contribution is -2.27. The van der Waals surface area contributed by atoms with E-state index in [0.29, 0.717) is 37.5 Å². The van der Waals surface area contributed by atoms with Crippen molar-refractivity contribution < 1.29 is 22.6 Å². The number of ether oxygens (including phenoxy) is 2. The second-order valence-electron chi connectivity index (χ2n) is 9.06. The van der Waals surface area contributed by atoms with Crippen LogP contribution in [0.3, 0.4) is 0 Å².